The molecule has 0 radical (unpaired) electrons. The standard InChI is InChI=1S/C22H23N5O3/c23-21(29)15-5-4-12-26(14-15)19-13-20(28)27(22(19)30)18-10-8-17(9-11-18)25-24-16-6-2-1-3-7-16/h1-3,6-11,15,19H,4-5,12-14H2,(H2,23,29). The molecule has 30 heavy (non-hydrogen) atoms. The van der Waals surface area contributed by atoms with Crippen molar-refractivity contribution in [1.29, 1.82) is 0 Å². The number of anilines is 1. The fraction of sp³-hybridized carbons (Fsp3) is 0.318. The van der Waals surface area contributed by atoms with E-state index in [-0.39, 0.29) is 30.1 Å². The summed E-state index contributed by atoms with van der Waals surface area (Å²) in [6, 6.07) is 15.7. The molecule has 2 fully saturated rings. The molecule has 0 bridgehead atoms. The molecule has 2 N–H and O–H groups in total. The van der Waals surface area contributed by atoms with Crippen LogP contribution in [0.4, 0.5) is 17.1 Å². The van der Waals surface area contributed by atoms with E-state index in [2.05, 4.69) is 10.2 Å². The highest BCUT2D eigenvalue weighted by molar-refractivity contribution is 6.22. The quantitative estimate of drug-likeness (QED) is 0.609. The van der Waals surface area contributed by atoms with Crippen molar-refractivity contribution in [2.75, 3.05) is 18.0 Å². The predicted octanol–water partition coefficient (Wildman–Crippen LogP) is 2.93. The molecule has 2 atom stereocenters. The molecule has 3 amide bonds. The minimum absolute atomic E-state index is 0.111. The number of carbonyl (C=O) groups is 3. The molecular weight excluding hydrogens is 382 g/mol. The highest BCUT2D eigenvalue weighted by atomic mass is 16.2. The Labute approximate surface area is 174 Å². The number of imide groups is 1. The summed E-state index contributed by atoms with van der Waals surface area (Å²) in [5.41, 5.74) is 7.31. The topological polar surface area (TPSA) is 108 Å². The van der Waals surface area contributed by atoms with Gasteiger partial charge >= 0.3 is 0 Å². The van der Waals surface area contributed by atoms with E-state index in [1.807, 2.05) is 35.2 Å². The van der Waals surface area contributed by atoms with Gasteiger partial charge in [-0.2, -0.15) is 10.2 Å². The van der Waals surface area contributed by atoms with Crippen molar-refractivity contribution in [1.82, 2.24) is 4.90 Å². The van der Waals surface area contributed by atoms with Gasteiger partial charge < -0.3 is 5.73 Å². The van der Waals surface area contributed by atoms with Gasteiger partial charge in [0.2, 0.25) is 11.8 Å². The molecule has 0 spiro atoms. The number of piperidine rings is 1. The Morgan fingerprint density at radius 1 is 0.967 bits per heavy atom. The Kier molecular flexibility index (Phi) is 5.67. The van der Waals surface area contributed by atoms with Crippen LogP contribution in [0, 0.1) is 5.92 Å². The molecule has 2 aliphatic rings. The maximum Gasteiger partial charge on any atom is 0.251 e. The van der Waals surface area contributed by atoms with Crippen LogP contribution >= 0.6 is 0 Å². The summed E-state index contributed by atoms with van der Waals surface area (Å²) in [7, 11) is 0. The van der Waals surface area contributed by atoms with Gasteiger partial charge in [-0.3, -0.25) is 19.3 Å². The van der Waals surface area contributed by atoms with Crippen molar-refractivity contribution in [3.63, 3.8) is 0 Å². The first kappa shape index (κ1) is 19.9. The van der Waals surface area contributed by atoms with Crippen LogP contribution in [0.5, 0.6) is 0 Å². The number of hydrogen-bond acceptors (Lipinski definition) is 6. The number of amides is 3. The zero-order valence-corrected chi connectivity index (χ0v) is 16.5. The smallest absolute Gasteiger partial charge is 0.251 e. The summed E-state index contributed by atoms with van der Waals surface area (Å²) in [6.45, 7) is 1.10. The van der Waals surface area contributed by atoms with E-state index >= 15 is 0 Å². The molecule has 2 aliphatic heterocycles. The number of hydrogen-bond donors (Lipinski definition) is 1. The first-order valence-corrected chi connectivity index (χ1v) is 10.00. The summed E-state index contributed by atoms with van der Waals surface area (Å²) in [5, 5.41) is 8.34. The van der Waals surface area contributed by atoms with Gasteiger partial charge in [0.15, 0.2) is 0 Å². The number of azo groups is 1. The van der Waals surface area contributed by atoms with Gasteiger partial charge in [0.1, 0.15) is 0 Å². The summed E-state index contributed by atoms with van der Waals surface area (Å²) in [4.78, 5) is 40.3. The molecule has 4 rings (SSSR count). The number of carbonyl (C=O) groups excluding carboxylic acids is 3. The lowest BCUT2D eigenvalue weighted by molar-refractivity contribution is -0.127. The Bertz CT molecular complexity index is 974. The molecule has 2 aromatic rings. The molecular formula is C22H23N5O3. The lowest BCUT2D eigenvalue weighted by Crippen LogP contribution is -2.49. The molecule has 0 aromatic heterocycles. The molecule has 0 saturated carbocycles. The van der Waals surface area contributed by atoms with Crippen LogP contribution in [0.3, 0.4) is 0 Å². The predicted molar refractivity (Wildman–Crippen MR) is 111 cm³/mol. The second-order valence-electron chi connectivity index (χ2n) is 7.58. The van der Waals surface area contributed by atoms with Crippen LogP contribution in [0.25, 0.3) is 0 Å². The van der Waals surface area contributed by atoms with Crippen molar-refractivity contribution in [3.8, 4) is 0 Å². The van der Waals surface area contributed by atoms with Gasteiger partial charge in [0.05, 0.1) is 35.4 Å². The number of likely N-dealkylation sites (tertiary alicyclic amines) is 1. The number of primary amides is 1. The summed E-state index contributed by atoms with van der Waals surface area (Å²) >= 11 is 0. The van der Waals surface area contributed by atoms with Crippen molar-refractivity contribution >= 4 is 34.8 Å². The number of nitrogens with zero attached hydrogens (tertiary/aromatic N) is 4. The number of rotatable bonds is 5. The molecule has 154 valence electrons. The van der Waals surface area contributed by atoms with E-state index < -0.39 is 6.04 Å². The third-order valence-electron chi connectivity index (χ3n) is 5.56. The fourth-order valence-corrected chi connectivity index (χ4v) is 3.97. The Morgan fingerprint density at radius 2 is 1.63 bits per heavy atom. The number of nitrogens with two attached hydrogens (primary N) is 1. The Balaban J connectivity index is 1.46. The molecule has 2 saturated heterocycles. The van der Waals surface area contributed by atoms with E-state index in [0.29, 0.717) is 24.5 Å². The fourth-order valence-electron chi connectivity index (χ4n) is 3.97. The van der Waals surface area contributed by atoms with E-state index in [9.17, 15) is 14.4 Å². The SMILES string of the molecule is NC(=O)C1CCCN(C2CC(=O)N(c3ccc(N=Nc4ccccc4)cc3)C2=O)C1. The van der Waals surface area contributed by atoms with E-state index in [4.69, 9.17) is 5.73 Å². The summed E-state index contributed by atoms with van der Waals surface area (Å²) < 4.78 is 0. The van der Waals surface area contributed by atoms with Crippen molar-refractivity contribution in [2.24, 2.45) is 21.9 Å². The molecule has 8 heteroatoms. The van der Waals surface area contributed by atoms with Crippen LogP contribution in [0.15, 0.2) is 64.8 Å². The molecule has 2 unspecified atom stereocenters. The molecule has 8 nitrogen and oxygen atoms in total. The maximum atomic E-state index is 13.0. The maximum absolute atomic E-state index is 13.0. The lowest BCUT2D eigenvalue weighted by atomic mass is 9.96. The van der Waals surface area contributed by atoms with Crippen LogP contribution in [0.1, 0.15) is 19.3 Å². The third kappa shape index (κ3) is 4.13. The van der Waals surface area contributed by atoms with Gasteiger partial charge in [-0.15, -0.1) is 0 Å². The zero-order valence-electron chi connectivity index (χ0n) is 16.5. The summed E-state index contributed by atoms with van der Waals surface area (Å²) in [6.07, 6.45) is 1.62. The monoisotopic (exact) mass is 405 g/mol. The highest BCUT2D eigenvalue weighted by Gasteiger charge is 2.44. The van der Waals surface area contributed by atoms with E-state index in [0.717, 1.165) is 18.5 Å². The van der Waals surface area contributed by atoms with Gasteiger partial charge in [-0.25, -0.2) is 4.90 Å². The minimum Gasteiger partial charge on any atom is -0.369 e. The zero-order chi connectivity index (χ0) is 21.1. The largest absolute Gasteiger partial charge is 0.369 e. The number of benzene rings is 2. The highest BCUT2D eigenvalue weighted by Crippen LogP contribution is 2.30. The van der Waals surface area contributed by atoms with Crippen LogP contribution in [0.2, 0.25) is 0 Å². The van der Waals surface area contributed by atoms with Crippen molar-refractivity contribution < 1.29 is 14.4 Å². The van der Waals surface area contributed by atoms with Crippen molar-refractivity contribution in [3.05, 3.63) is 54.6 Å². The molecule has 0 aliphatic carbocycles. The first-order valence-electron chi connectivity index (χ1n) is 10.00. The first-order chi connectivity index (χ1) is 14.5. The second-order valence-corrected chi connectivity index (χ2v) is 7.58. The van der Waals surface area contributed by atoms with Gasteiger partial charge in [0, 0.05) is 6.54 Å². The van der Waals surface area contributed by atoms with E-state index in [1.54, 1.807) is 24.3 Å². The Hall–Kier alpha value is -3.39. The van der Waals surface area contributed by atoms with Gasteiger partial charge in [-0.1, -0.05) is 18.2 Å². The second kappa shape index (κ2) is 8.54. The van der Waals surface area contributed by atoms with Crippen LogP contribution < -0.4 is 10.6 Å². The minimum atomic E-state index is -0.544. The normalized spacial score (nSPS) is 22.7. The van der Waals surface area contributed by atoms with E-state index in [1.165, 1.54) is 4.90 Å². The van der Waals surface area contributed by atoms with Crippen LogP contribution in [-0.2, 0) is 14.4 Å². The Morgan fingerprint density at radius 3 is 2.30 bits per heavy atom. The lowest BCUT2D eigenvalue weighted by Gasteiger charge is -2.34. The van der Waals surface area contributed by atoms with Crippen LogP contribution in [-0.4, -0.2) is 41.8 Å². The van der Waals surface area contributed by atoms with Gasteiger partial charge in [-0.05, 0) is 55.8 Å². The molecule has 2 heterocycles. The third-order valence-corrected chi connectivity index (χ3v) is 5.56. The average molecular weight is 405 g/mol. The molecule has 2 aromatic carbocycles. The average Bonchev–Trinajstić information content (AvgIpc) is 3.07. The summed E-state index contributed by atoms with van der Waals surface area (Å²) in [5.74, 6) is -1.13. The van der Waals surface area contributed by atoms with Gasteiger partial charge in [0.25, 0.3) is 5.91 Å². The van der Waals surface area contributed by atoms with Crippen molar-refractivity contribution in [2.45, 2.75) is 25.3 Å².